The predicted octanol–water partition coefficient (Wildman–Crippen LogP) is 4.35. The molecule has 0 heterocycles. The van der Waals surface area contributed by atoms with Crippen molar-refractivity contribution in [2.24, 2.45) is 17.8 Å². The third kappa shape index (κ3) is 4.38. The summed E-state index contributed by atoms with van der Waals surface area (Å²) < 4.78 is 28.5. The van der Waals surface area contributed by atoms with Gasteiger partial charge in [0.15, 0.2) is 0 Å². The van der Waals surface area contributed by atoms with E-state index in [-0.39, 0.29) is 16.8 Å². The van der Waals surface area contributed by atoms with Crippen LogP contribution in [0.25, 0.3) is 0 Å². The molecule has 29 heavy (non-hydrogen) atoms. The van der Waals surface area contributed by atoms with Crippen LogP contribution in [0.1, 0.15) is 48.5 Å². The number of carbonyl (C=O) groups is 1. The largest absolute Gasteiger partial charge is 0.322 e. The lowest BCUT2D eigenvalue weighted by molar-refractivity contribution is 0.102. The number of rotatable bonds is 6. The Balaban J connectivity index is 1.40. The average molecular weight is 413 g/mol. The van der Waals surface area contributed by atoms with Crippen LogP contribution < -0.4 is 10.0 Å². The molecule has 2 aromatic rings. The van der Waals surface area contributed by atoms with Crippen molar-refractivity contribution >= 4 is 21.6 Å². The van der Waals surface area contributed by atoms with Crippen molar-refractivity contribution in [3.63, 3.8) is 0 Å². The van der Waals surface area contributed by atoms with Crippen LogP contribution in [0.4, 0.5) is 5.69 Å². The van der Waals surface area contributed by atoms with E-state index in [0.717, 1.165) is 17.9 Å². The Morgan fingerprint density at radius 3 is 2.28 bits per heavy atom. The molecule has 6 heteroatoms. The monoisotopic (exact) mass is 412 g/mol. The van der Waals surface area contributed by atoms with E-state index in [1.54, 1.807) is 36.4 Å². The van der Waals surface area contributed by atoms with Gasteiger partial charge in [0.1, 0.15) is 0 Å². The summed E-state index contributed by atoms with van der Waals surface area (Å²) in [5.41, 5.74) is 2.22. The molecule has 2 fully saturated rings. The lowest BCUT2D eigenvalue weighted by atomic mass is 9.84. The molecule has 0 saturated heterocycles. The number of benzene rings is 2. The van der Waals surface area contributed by atoms with Crippen LogP contribution >= 0.6 is 0 Å². The van der Waals surface area contributed by atoms with E-state index in [9.17, 15) is 13.2 Å². The zero-order valence-corrected chi connectivity index (χ0v) is 17.7. The summed E-state index contributed by atoms with van der Waals surface area (Å²) in [6.45, 7) is 3.95. The van der Waals surface area contributed by atoms with Crippen LogP contribution in [0.2, 0.25) is 0 Å². The first-order valence-corrected chi connectivity index (χ1v) is 11.8. The van der Waals surface area contributed by atoms with Crippen LogP contribution in [0.15, 0.2) is 53.4 Å². The van der Waals surface area contributed by atoms with E-state index in [1.807, 2.05) is 26.0 Å². The van der Waals surface area contributed by atoms with Gasteiger partial charge in [0.25, 0.3) is 5.91 Å². The maximum atomic E-state index is 12.8. The molecule has 1 amide bonds. The summed E-state index contributed by atoms with van der Waals surface area (Å²) >= 11 is 0. The maximum Gasteiger partial charge on any atom is 0.255 e. The first kappa shape index (κ1) is 20.1. The maximum absolute atomic E-state index is 12.8. The van der Waals surface area contributed by atoms with Gasteiger partial charge in [-0.05, 0) is 87.3 Å². The van der Waals surface area contributed by atoms with Gasteiger partial charge in [-0.2, -0.15) is 0 Å². The number of carbonyl (C=O) groups excluding carboxylic acids is 1. The fourth-order valence-corrected chi connectivity index (χ4v) is 6.23. The second-order valence-electron chi connectivity index (χ2n) is 8.59. The minimum atomic E-state index is -3.58. The van der Waals surface area contributed by atoms with Crippen molar-refractivity contribution in [1.82, 2.24) is 4.72 Å². The fourth-order valence-electron chi connectivity index (χ4n) is 4.93. The zero-order chi connectivity index (χ0) is 20.6. The lowest BCUT2D eigenvalue weighted by Gasteiger charge is -2.28. The Hall–Kier alpha value is -2.18. The van der Waals surface area contributed by atoms with Gasteiger partial charge in [0.2, 0.25) is 10.0 Å². The third-order valence-corrected chi connectivity index (χ3v) is 8.09. The van der Waals surface area contributed by atoms with Gasteiger partial charge >= 0.3 is 0 Å². The minimum absolute atomic E-state index is 0.0591. The van der Waals surface area contributed by atoms with Crippen molar-refractivity contribution in [1.29, 1.82) is 0 Å². The molecular formula is C23H28N2O3S. The van der Waals surface area contributed by atoms with E-state index in [0.29, 0.717) is 23.1 Å². The second-order valence-corrected chi connectivity index (χ2v) is 10.3. The van der Waals surface area contributed by atoms with Gasteiger partial charge in [-0.1, -0.05) is 24.1 Å². The molecular weight excluding hydrogens is 384 g/mol. The van der Waals surface area contributed by atoms with Crippen LogP contribution in [0.3, 0.4) is 0 Å². The van der Waals surface area contributed by atoms with Crippen LogP contribution in [0, 0.1) is 24.7 Å². The van der Waals surface area contributed by atoms with Crippen LogP contribution in [0.5, 0.6) is 0 Å². The van der Waals surface area contributed by atoms with Crippen molar-refractivity contribution in [2.75, 3.05) is 5.32 Å². The van der Waals surface area contributed by atoms with Crippen LogP contribution in [-0.2, 0) is 10.0 Å². The number of aryl methyl sites for hydroxylation is 1. The number of amides is 1. The lowest BCUT2D eigenvalue weighted by Crippen LogP contribution is -2.40. The molecule has 0 radical (unpaired) electrons. The van der Waals surface area contributed by atoms with Gasteiger partial charge in [0, 0.05) is 17.3 Å². The molecule has 0 unspecified atom stereocenters. The van der Waals surface area contributed by atoms with Crippen LogP contribution in [-0.4, -0.2) is 20.4 Å². The fraction of sp³-hybridized carbons (Fsp3) is 0.435. The van der Waals surface area contributed by atoms with Gasteiger partial charge in [-0.3, -0.25) is 4.79 Å². The van der Waals surface area contributed by atoms with Crippen molar-refractivity contribution in [3.8, 4) is 0 Å². The number of nitrogens with one attached hydrogen (secondary N) is 2. The second kappa shape index (κ2) is 7.92. The zero-order valence-electron chi connectivity index (χ0n) is 16.9. The Morgan fingerprint density at radius 1 is 1.00 bits per heavy atom. The highest BCUT2D eigenvalue weighted by atomic mass is 32.2. The number of hydrogen-bond donors (Lipinski definition) is 2. The molecule has 2 saturated carbocycles. The first-order chi connectivity index (χ1) is 13.8. The summed E-state index contributed by atoms with van der Waals surface area (Å²) in [6.07, 6.45) is 4.93. The molecule has 5 nitrogen and oxygen atoms in total. The van der Waals surface area contributed by atoms with Gasteiger partial charge in [-0.25, -0.2) is 13.1 Å². The summed E-state index contributed by atoms with van der Waals surface area (Å²) in [6, 6.07) is 13.6. The highest BCUT2D eigenvalue weighted by Gasteiger charge is 2.42. The minimum Gasteiger partial charge on any atom is -0.322 e. The highest BCUT2D eigenvalue weighted by molar-refractivity contribution is 7.89. The molecule has 0 aromatic heterocycles. The van der Waals surface area contributed by atoms with Crippen molar-refractivity contribution < 1.29 is 13.2 Å². The smallest absolute Gasteiger partial charge is 0.255 e. The summed E-state index contributed by atoms with van der Waals surface area (Å²) in [5.74, 6) is 1.67. The Morgan fingerprint density at radius 2 is 1.69 bits per heavy atom. The third-order valence-electron chi connectivity index (χ3n) is 6.51. The van der Waals surface area contributed by atoms with Gasteiger partial charge < -0.3 is 5.32 Å². The Labute approximate surface area is 173 Å². The summed E-state index contributed by atoms with van der Waals surface area (Å²) in [4.78, 5) is 12.5. The number of hydrogen-bond acceptors (Lipinski definition) is 3. The van der Waals surface area contributed by atoms with Gasteiger partial charge in [-0.15, -0.1) is 0 Å². The predicted molar refractivity (Wildman–Crippen MR) is 114 cm³/mol. The molecule has 4 rings (SSSR count). The van der Waals surface area contributed by atoms with E-state index in [1.165, 1.54) is 19.3 Å². The standard InChI is InChI=1S/C23H28N2O3S/c1-15-3-6-18(7-4-15)23(26)24-20-9-11-21(12-10-20)29(27,28)25-16(2)22-14-17-5-8-19(22)13-17/h3-4,6-7,9-12,16-17,19,22,25H,5,8,13-14H2,1-2H3,(H,24,26)/t16-,17-,19-,22+/m1/s1. The Bertz CT molecular complexity index is 984. The van der Waals surface area contributed by atoms with E-state index >= 15 is 0 Å². The summed E-state index contributed by atoms with van der Waals surface area (Å²) in [5, 5.41) is 2.81. The highest BCUT2D eigenvalue weighted by Crippen LogP contribution is 2.49. The average Bonchev–Trinajstić information content (AvgIpc) is 3.32. The number of fused-ring (bicyclic) bond motifs is 2. The molecule has 4 atom stereocenters. The first-order valence-electron chi connectivity index (χ1n) is 10.3. The number of anilines is 1. The van der Waals surface area contributed by atoms with Gasteiger partial charge in [0.05, 0.1) is 4.90 Å². The van der Waals surface area contributed by atoms with Crippen molar-refractivity contribution in [3.05, 3.63) is 59.7 Å². The van der Waals surface area contributed by atoms with E-state index in [2.05, 4.69) is 10.0 Å². The molecule has 2 N–H and O–H groups in total. The number of sulfonamides is 1. The molecule has 154 valence electrons. The molecule has 0 spiro atoms. The molecule has 2 aromatic carbocycles. The SMILES string of the molecule is Cc1ccc(C(=O)Nc2ccc(S(=O)(=O)N[C@H](C)[C@@H]3C[C@@H]4CC[C@@H]3C4)cc2)cc1. The van der Waals surface area contributed by atoms with Crippen molar-refractivity contribution in [2.45, 2.75) is 50.5 Å². The Kier molecular flexibility index (Phi) is 5.49. The summed E-state index contributed by atoms with van der Waals surface area (Å²) in [7, 11) is -3.58. The normalized spacial score (nSPS) is 24.4. The van der Waals surface area contributed by atoms with E-state index in [4.69, 9.17) is 0 Å². The molecule has 2 bridgehead atoms. The molecule has 2 aliphatic rings. The van der Waals surface area contributed by atoms with E-state index < -0.39 is 10.0 Å². The molecule has 0 aliphatic heterocycles. The quantitative estimate of drug-likeness (QED) is 0.741. The molecule has 2 aliphatic carbocycles. The topological polar surface area (TPSA) is 75.3 Å².